The molecular formula is C15H14N6O2. The molecule has 0 bridgehead atoms. The lowest BCUT2D eigenvalue weighted by molar-refractivity contribution is 0.363. The summed E-state index contributed by atoms with van der Waals surface area (Å²) in [6, 6.07) is 3.44. The van der Waals surface area contributed by atoms with Gasteiger partial charge in [0.1, 0.15) is 12.9 Å². The van der Waals surface area contributed by atoms with Gasteiger partial charge < -0.3 is 9.84 Å². The molecule has 2 fully saturated rings. The molecule has 1 saturated heterocycles. The zero-order valence-corrected chi connectivity index (χ0v) is 12.2. The third-order valence-electron chi connectivity index (χ3n) is 4.78. The maximum atomic E-state index is 12.4. The van der Waals surface area contributed by atoms with Gasteiger partial charge in [0.2, 0.25) is 5.89 Å². The first-order valence-corrected chi connectivity index (χ1v) is 7.64. The van der Waals surface area contributed by atoms with Crippen molar-refractivity contribution < 1.29 is 4.52 Å². The zero-order chi connectivity index (χ0) is 15.4. The third kappa shape index (κ3) is 1.98. The number of hydrogen-bond donors (Lipinski definition) is 1. The molecule has 8 nitrogen and oxygen atoms in total. The molecule has 0 amide bonds. The van der Waals surface area contributed by atoms with Crippen LogP contribution in [0.1, 0.15) is 17.6 Å². The monoisotopic (exact) mass is 310 g/mol. The number of pyridine rings is 1. The maximum absolute atomic E-state index is 12.4. The summed E-state index contributed by atoms with van der Waals surface area (Å²) in [5, 5.41) is 7.92. The summed E-state index contributed by atoms with van der Waals surface area (Å²) < 4.78 is 6.79. The van der Waals surface area contributed by atoms with Crippen molar-refractivity contribution in [3.63, 3.8) is 0 Å². The van der Waals surface area contributed by atoms with Crippen molar-refractivity contribution in [2.45, 2.75) is 12.5 Å². The van der Waals surface area contributed by atoms with E-state index < -0.39 is 0 Å². The summed E-state index contributed by atoms with van der Waals surface area (Å²) in [5.74, 6) is 2.88. The standard InChI is InChI=1S/C15H14N6O2/c22-15-8-2-1-3-17-13(8)18-7-21(15)6-11-19-14(20-23-11)12-9-4-16-5-10(9)12/h1-3,7,9-10,12,16H,4-6H2/t9-,10+,12+. The molecule has 3 aromatic heterocycles. The number of nitrogens with one attached hydrogen (secondary N) is 1. The van der Waals surface area contributed by atoms with Gasteiger partial charge in [-0.3, -0.25) is 9.36 Å². The fourth-order valence-corrected chi connectivity index (χ4v) is 3.53. The van der Waals surface area contributed by atoms with Crippen molar-refractivity contribution in [2.75, 3.05) is 13.1 Å². The van der Waals surface area contributed by atoms with Gasteiger partial charge in [-0.25, -0.2) is 9.97 Å². The Labute approximate surface area is 130 Å². The van der Waals surface area contributed by atoms with Crippen LogP contribution in [-0.4, -0.2) is 37.8 Å². The molecular weight excluding hydrogens is 296 g/mol. The van der Waals surface area contributed by atoms with E-state index in [1.54, 1.807) is 18.3 Å². The lowest BCUT2D eigenvalue weighted by atomic mass is 10.3. The van der Waals surface area contributed by atoms with Gasteiger partial charge in [-0.1, -0.05) is 5.16 Å². The number of rotatable bonds is 3. The fraction of sp³-hybridized carbons (Fsp3) is 0.400. The normalized spacial score (nSPS) is 25.7. The second-order valence-electron chi connectivity index (χ2n) is 6.11. The van der Waals surface area contributed by atoms with Gasteiger partial charge in [0.15, 0.2) is 11.5 Å². The van der Waals surface area contributed by atoms with Crippen LogP contribution in [-0.2, 0) is 6.54 Å². The Morgan fingerprint density at radius 1 is 1.30 bits per heavy atom. The Kier molecular flexibility index (Phi) is 2.63. The molecule has 8 heteroatoms. The van der Waals surface area contributed by atoms with E-state index >= 15 is 0 Å². The quantitative estimate of drug-likeness (QED) is 0.735. The summed E-state index contributed by atoms with van der Waals surface area (Å²) in [6.07, 6.45) is 3.09. The van der Waals surface area contributed by atoms with E-state index in [0.29, 0.717) is 34.7 Å². The molecule has 1 aliphatic heterocycles. The Balaban J connectivity index is 1.43. The van der Waals surface area contributed by atoms with Gasteiger partial charge in [0.25, 0.3) is 5.56 Å². The van der Waals surface area contributed by atoms with Crippen LogP contribution in [0.2, 0.25) is 0 Å². The first-order valence-electron chi connectivity index (χ1n) is 7.64. The first-order chi connectivity index (χ1) is 11.3. The molecule has 1 saturated carbocycles. The molecule has 5 rings (SSSR count). The Bertz CT molecular complexity index is 938. The largest absolute Gasteiger partial charge is 0.337 e. The number of hydrogen-bond acceptors (Lipinski definition) is 7. The van der Waals surface area contributed by atoms with Gasteiger partial charge in [-0.2, -0.15) is 4.98 Å². The molecule has 23 heavy (non-hydrogen) atoms. The van der Waals surface area contributed by atoms with Crippen molar-refractivity contribution in [1.29, 1.82) is 0 Å². The van der Waals surface area contributed by atoms with E-state index in [1.807, 2.05) is 0 Å². The third-order valence-corrected chi connectivity index (χ3v) is 4.78. The minimum absolute atomic E-state index is 0.157. The number of fused-ring (bicyclic) bond motifs is 2. The smallest absolute Gasteiger partial charge is 0.263 e. The van der Waals surface area contributed by atoms with E-state index in [1.165, 1.54) is 10.9 Å². The molecule has 116 valence electrons. The van der Waals surface area contributed by atoms with Crippen LogP contribution in [0, 0.1) is 11.8 Å². The summed E-state index contributed by atoms with van der Waals surface area (Å²) >= 11 is 0. The molecule has 4 heterocycles. The molecule has 1 aliphatic carbocycles. The maximum Gasteiger partial charge on any atom is 0.263 e. The van der Waals surface area contributed by atoms with Crippen LogP contribution in [0.5, 0.6) is 0 Å². The van der Waals surface area contributed by atoms with Crippen LogP contribution in [0.25, 0.3) is 11.0 Å². The molecule has 3 aromatic rings. The van der Waals surface area contributed by atoms with Crippen LogP contribution in [0.3, 0.4) is 0 Å². The van der Waals surface area contributed by atoms with Gasteiger partial charge in [-0.15, -0.1) is 0 Å². The average molecular weight is 310 g/mol. The number of nitrogens with zero attached hydrogens (tertiary/aromatic N) is 5. The van der Waals surface area contributed by atoms with E-state index in [4.69, 9.17) is 4.52 Å². The second-order valence-corrected chi connectivity index (χ2v) is 6.11. The van der Waals surface area contributed by atoms with Crippen LogP contribution in [0.15, 0.2) is 34.0 Å². The van der Waals surface area contributed by atoms with E-state index in [0.717, 1.165) is 18.9 Å². The highest BCUT2D eigenvalue weighted by Crippen LogP contribution is 2.54. The van der Waals surface area contributed by atoms with Crippen LogP contribution < -0.4 is 10.9 Å². The van der Waals surface area contributed by atoms with Crippen molar-refractivity contribution in [1.82, 2.24) is 30.0 Å². The predicted octanol–water partition coefficient (Wildman–Crippen LogP) is 0.156. The highest BCUT2D eigenvalue weighted by atomic mass is 16.5. The van der Waals surface area contributed by atoms with E-state index in [2.05, 4.69) is 25.4 Å². The molecule has 2 aliphatic rings. The van der Waals surface area contributed by atoms with Crippen LogP contribution in [0.4, 0.5) is 0 Å². The highest BCUT2D eigenvalue weighted by molar-refractivity contribution is 5.72. The van der Waals surface area contributed by atoms with Crippen molar-refractivity contribution in [2.24, 2.45) is 11.8 Å². The molecule has 0 unspecified atom stereocenters. The first kappa shape index (κ1) is 12.9. The number of piperidine rings is 1. The highest BCUT2D eigenvalue weighted by Gasteiger charge is 2.55. The van der Waals surface area contributed by atoms with Crippen LogP contribution >= 0.6 is 0 Å². The van der Waals surface area contributed by atoms with E-state index in [9.17, 15) is 4.79 Å². The van der Waals surface area contributed by atoms with Crippen molar-refractivity contribution in [3.05, 3.63) is 46.7 Å². The van der Waals surface area contributed by atoms with E-state index in [-0.39, 0.29) is 12.1 Å². The summed E-state index contributed by atoms with van der Waals surface area (Å²) in [6.45, 7) is 2.28. The molecule has 0 aromatic carbocycles. The summed E-state index contributed by atoms with van der Waals surface area (Å²) in [7, 11) is 0. The second kappa shape index (κ2) is 4.69. The molecule has 1 N–H and O–H groups in total. The van der Waals surface area contributed by atoms with Gasteiger partial charge >= 0.3 is 0 Å². The minimum Gasteiger partial charge on any atom is -0.337 e. The summed E-state index contributed by atoms with van der Waals surface area (Å²) in [5.41, 5.74) is 0.286. The fourth-order valence-electron chi connectivity index (χ4n) is 3.53. The molecule has 0 radical (unpaired) electrons. The van der Waals surface area contributed by atoms with Crippen molar-refractivity contribution >= 4 is 11.0 Å². The predicted molar refractivity (Wildman–Crippen MR) is 79.8 cm³/mol. The van der Waals surface area contributed by atoms with Crippen molar-refractivity contribution in [3.8, 4) is 0 Å². The van der Waals surface area contributed by atoms with Gasteiger partial charge in [0.05, 0.1) is 5.39 Å². The van der Waals surface area contributed by atoms with Gasteiger partial charge in [0, 0.05) is 12.1 Å². The Morgan fingerprint density at radius 3 is 3.04 bits per heavy atom. The average Bonchev–Trinajstić information content (AvgIpc) is 2.96. The Morgan fingerprint density at radius 2 is 2.17 bits per heavy atom. The van der Waals surface area contributed by atoms with Gasteiger partial charge in [-0.05, 0) is 37.1 Å². The molecule has 3 atom stereocenters. The summed E-state index contributed by atoms with van der Waals surface area (Å²) in [4.78, 5) is 25.2. The lowest BCUT2D eigenvalue weighted by Gasteiger charge is -2.02. The number of aromatic nitrogens is 5. The minimum atomic E-state index is -0.157. The lowest BCUT2D eigenvalue weighted by Crippen LogP contribution is -2.21. The topological polar surface area (TPSA) is 98.7 Å². The Hall–Kier alpha value is -2.61. The molecule has 0 spiro atoms. The zero-order valence-electron chi connectivity index (χ0n) is 12.2. The SMILES string of the molecule is O=c1c2cccnc2ncn1Cc1nc([C@H]2[C@@H]3CNC[C@@H]32)no1.